The van der Waals surface area contributed by atoms with Crippen LogP contribution in [-0.2, 0) is 4.74 Å². The van der Waals surface area contributed by atoms with Gasteiger partial charge >= 0.3 is 6.61 Å². The van der Waals surface area contributed by atoms with E-state index in [0.29, 0.717) is 31.6 Å². The summed E-state index contributed by atoms with van der Waals surface area (Å²) in [5.41, 5.74) is 1.54. The third-order valence-corrected chi connectivity index (χ3v) is 4.76. The van der Waals surface area contributed by atoms with Crippen LogP contribution in [0.25, 0.3) is 0 Å². The number of hydrogen-bond acceptors (Lipinski definition) is 4. The van der Waals surface area contributed by atoms with Crippen molar-refractivity contribution in [3.05, 3.63) is 16.2 Å². The van der Waals surface area contributed by atoms with E-state index in [0.717, 1.165) is 22.4 Å². The molecule has 1 heterocycles. The van der Waals surface area contributed by atoms with Gasteiger partial charge in [-0.1, -0.05) is 0 Å². The first-order valence-corrected chi connectivity index (χ1v) is 9.20. The van der Waals surface area contributed by atoms with E-state index in [1.165, 1.54) is 0 Å². The van der Waals surface area contributed by atoms with Gasteiger partial charge in [0.1, 0.15) is 6.10 Å². The van der Waals surface area contributed by atoms with Crippen LogP contribution in [0, 0.1) is 6.92 Å². The van der Waals surface area contributed by atoms with Gasteiger partial charge in [0.15, 0.2) is 0 Å². The van der Waals surface area contributed by atoms with E-state index in [-0.39, 0.29) is 12.2 Å². The van der Waals surface area contributed by atoms with Crippen LogP contribution >= 0.6 is 15.9 Å². The minimum Gasteiger partial charge on any atom is -0.474 e. The zero-order valence-corrected chi connectivity index (χ0v) is 16.3. The molecule has 0 bridgehead atoms. The lowest BCUT2D eigenvalue weighted by molar-refractivity contribution is -0.173. The summed E-state index contributed by atoms with van der Waals surface area (Å²) in [5, 5.41) is 0. The van der Waals surface area contributed by atoms with E-state index in [4.69, 9.17) is 4.74 Å². The highest BCUT2D eigenvalue weighted by Gasteiger charge is 2.26. The highest BCUT2D eigenvalue weighted by atomic mass is 79.9. The number of aromatic nitrogens is 1. The molecule has 0 aliphatic heterocycles. The van der Waals surface area contributed by atoms with Crippen LogP contribution < -0.4 is 4.74 Å². The maximum Gasteiger partial charge on any atom is 0.345 e. The SMILES string of the molecule is CCN(C)/C=N\c1cc(Br)c(OC2CCC(OC(F)F)CC2)nc1C. The van der Waals surface area contributed by atoms with Crippen LogP contribution in [0.2, 0.25) is 0 Å². The van der Waals surface area contributed by atoms with Crippen LogP contribution in [0.1, 0.15) is 38.3 Å². The van der Waals surface area contributed by atoms with Gasteiger partial charge in [-0.25, -0.2) is 9.98 Å². The summed E-state index contributed by atoms with van der Waals surface area (Å²) in [4.78, 5) is 10.9. The molecule has 2 rings (SSSR count). The van der Waals surface area contributed by atoms with E-state index in [1.807, 2.05) is 31.9 Å². The second-order valence-corrected chi connectivity index (χ2v) is 6.97. The molecule has 0 radical (unpaired) electrons. The number of hydrogen-bond donors (Lipinski definition) is 0. The van der Waals surface area contributed by atoms with Gasteiger partial charge in [-0.05, 0) is 61.5 Å². The molecule has 5 nitrogen and oxygen atoms in total. The third-order valence-electron chi connectivity index (χ3n) is 4.20. The quantitative estimate of drug-likeness (QED) is 0.474. The molecule has 0 atom stereocenters. The Balaban J connectivity index is 1.97. The summed E-state index contributed by atoms with van der Waals surface area (Å²) < 4.78 is 35.8. The van der Waals surface area contributed by atoms with Crippen molar-refractivity contribution in [2.24, 2.45) is 4.99 Å². The highest BCUT2D eigenvalue weighted by molar-refractivity contribution is 9.10. The highest BCUT2D eigenvalue weighted by Crippen LogP contribution is 2.33. The number of ether oxygens (including phenoxy) is 2. The lowest BCUT2D eigenvalue weighted by Crippen LogP contribution is -2.29. The fraction of sp³-hybridized carbons (Fsp3) is 0.647. The van der Waals surface area contributed by atoms with Crippen molar-refractivity contribution in [3.8, 4) is 5.88 Å². The van der Waals surface area contributed by atoms with E-state index in [1.54, 1.807) is 6.34 Å². The molecule has 0 aromatic carbocycles. The maximum atomic E-state index is 12.2. The van der Waals surface area contributed by atoms with E-state index in [2.05, 4.69) is 30.6 Å². The topological polar surface area (TPSA) is 47.0 Å². The summed E-state index contributed by atoms with van der Waals surface area (Å²) in [6, 6.07) is 1.88. The first kappa shape index (κ1) is 20.0. The molecule has 140 valence electrons. The Morgan fingerprint density at radius 3 is 2.60 bits per heavy atom. The number of alkyl halides is 2. The van der Waals surface area contributed by atoms with Crippen molar-refractivity contribution >= 4 is 28.0 Å². The van der Waals surface area contributed by atoms with Crippen molar-refractivity contribution in [1.29, 1.82) is 0 Å². The molecule has 0 saturated heterocycles. The Morgan fingerprint density at radius 1 is 1.36 bits per heavy atom. The maximum absolute atomic E-state index is 12.2. The van der Waals surface area contributed by atoms with Gasteiger partial charge in [0.25, 0.3) is 0 Å². The van der Waals surface area contributed by atoms with E-state index < -0.39 is 6.61 Å². The first-order chi connectivity index (χ1) is 11.9. The zero-order chi connectivity index (χ0) is 18.4. The second kappa shape index (κ2) is 9.43. The smallest absolute Gasteiger partial charge is 0.345 e. The van der Waals surface area contributed by atoms with Crippen molar-refractivity contribution < 1.29 is 18.3 Å². The summed E-state index contributed by atoms with van der Waals surface area (Å²) in [6.07, 6.45) is 3.82. The van der Waals surface area contributed by atoms with Gasteiger partial charge in [0, 0.05) is 13.6 Å². The summed E-state index contributed by atoms with van der Waals surface area (Å²) in [6.45, 7) is 2.09. The van der Waals surface area contributed by atoms with E-state index in [9.17, 15) is 8.78 Å². The molecule has 1 aliphatic rings. The molecule has 1 aliphatic carbocycles. The van der Waals surface area contributed by atoms with E-state index >= 15 is 0 Å². The summed E-state index contributed by atoms with van der Waals surface area (Å²) in [5.74, 6) is 0.513. The molecular formula is C17H24BrF2N3O2. The van der Waals surface area contributed by atoms with Gasteiger partial charge < -0.3 is 14.4 Å². The molecular weight excluding hydrogens is 396 g/mol. The van der Waals surface area contributed by atoms with Crippen molar-refractivity contribution in [1.82, 2.24) is 9.88 Å². The first-order valence-electron chi connectivity index (χ1n) is 8.40. The molecule has 0 amide bonds. The lowest BCUT2D eigenvalue weighted by Gasteiger charge is -2.28. The average Bonchev–Trinajstić information content (AvgIpc) is 2.57. The Bertz CT molecular complexity index is 594. The van der Waals surface area contributed by atoms with Crippen LogP contribution in [-0.4, -0.2) is 48.6 Å². The Labute approximate surface area is 155 Å². The summed E-state index contributed by atoms with van der Waals surface area (Å²) >= 11 is 3.48. The molecule has 0 unspecified atom stereocenters. The lowest BCUT2D eigenvalue weighted by atomic mass is 9.95. The average molecular weight is 420 g/mol. The fourth-order valence-corrected chi connectivity index (χ4v) is 2.99. The summed E-state index contributed by atoms with van der Waals surface area (Å²) in [7, 11) is 1.95. The number of halogens is 3. The number of aryl methyl sites for hydroxylation is 1. The van der Waals surface area contributed by atoms with Gasteiger partial charge in [-0.3, -0.25) is 0 Å². The molecule has 25 heavy (non-hydrogen) atoms. The molecule has 8 heteroatoms. The molecule has 1 aromatic rings. The molecule has 1 fully saturated rings. The van der Waals surface area contributed by atoms with Crippen molar-refractivity contribution in [2.45, 2.75) is 58.4 Å². The number of aliphatic imine (C=N–C) groups is 1. The van der Waals surface area contributed by atoms with Crippen LogP contribution in [0.4, 0.5) is 14.5 Å². The predicted molar refractivity (Wildman–Crippen MR) is 96.9 cm³/mol. The minimum absolute atomic E-state index is 0.0405. The predicted octanol–water partition coefficient (Wildman–Crippen LogP) is 4.69. The normalized spacial score (nSPS) is 21.1. The monoisotopic (exact) mass is 419 g/mol. The number of rotatable bonds is 7. The second-order valence-electron chi connectivity index (χ2n) is 6.11. The van der Waals surface area contributed by atoms with Crippen LogP contribution in [0.3, 0.4) is 0 Å². The Morgan fingerprint density at radius 2 is 2.00 bits per heavy atom. The molecule has 1 saturated carbocycles. The van der Waals surface area contributed by atoms with Gasteiger partial charge in [-0.2, -0.15) is 8.78 Å². The standard InChI is InChI=1S/C17H24BrF2N3O2/c1-4-23(3)10-21-15-9-14(18)16(22-11(15)2)24-12-5-7-13(8-6-12)25-17(19)20/h9-10,12-13,17H,4-8H2,1-3H3/b21-10-. The van der Waals surface area contributed by atoms with Crippen molar-refractivity contribution in [3.63, 3.8) is 0 Å². The Kier molecular flexibility index (Phi) is 7.56. The number of pyridine rings is 1. The van der Waals surface area contributed by atoms with Gasteiger partial charge in [0.2, 0.25) is 5.88 Å². The molecule has 0 N–H and O–H groups in total. The van der Waals surface area contributed by atoms with Crippen LogP contribution in [0.15, 0.2) is 15.5 Å². The van der Waals surface area contributed by atoms with Gasteiger partial charge in [0.05, 0.1) is 28.3 Å². The molecule has 1 aromatic heterocycles. The molecule has 0 spiro atoms. The number of nitrogens with zero attached hydrogens (tertiary/aromatic N) is 3. The Hall–Kier alpha value is -1.28. The largest absolute Gasteiger partial charge is 0.474 e. The zero-order valence-electron chi connectivity index (χ0n) is 14.7. The van der Waals surface area contributed by atoms with Crippen molar-refractivity contribution in [2.75, 3.05) is 13.6 Å². The third kappa shape index (κ3) is 6.18. The minimum atomic E-state index is -2.71. The van der Waals surface area contributed by atoms with Gasteiger partial charge in [-0.15, -0.1) is 0 Å². The van der Waals surface area contributed by atoms with Crippen LogP contribution in [0.5, 0.6) is 5.88 Å². The fourth-order valence-electron chi connectivity index (χ4n) is 2.59.